The lowest BCUT2D eigenvalue weighted by molar-refractivity contribution is -0.150. The molecule has 2 aliphatic heterocycles. The normalized spacial score (nSPS) is 34.6. The topological polar surface area (TPSA) is 40.5 Å². The van der Waals surface area contributed by atoms with Crippen LogP contribution in [0, 0.1) is 0 Å². The summed E-state index contributed by atoms with van der Waals surface area (Å²) in [7, 11) is 0. The Labute approximate surface area is 88.9 Å². The molecule has 0 aromatic carbocycles. The summed E-state index contributed by atoms with van der Waals surface area (Å²) >= 11 is 1.79. The second kappa shape index (κ2) is 4.11. The lowest BCUT2D eigenvalue weighted by atomic mass is 9.93. The predicted octanol–water partition coefficient (Wildman–Crippen LogP) is 1.43. The highest BCUT2D eigenvalue weighted by Gasteiger charge is 2.45. The van der Waals surface area contributed by atoms with Gasteiger partial charge in [-0.05, 0) is 44.5 Å². The molecule has 3 nitrogen and oxygen atoms in total. The van der Waals surface area contributed by atoms with Crippen LogP contribution >= 0.6 is 11.8 Å². The summed E-state index contributed by atoms with van der Waals surface area (Å²) in [5.74, 6) is 1.30. The van der Waals surface area contributed by atoms with E-state index in [1.165, 1.54) is 12.8 Å². The first-order chi connectivity index (χ1) is 6.76. The number of rotatable bonds is 2. The van der Waals surface area contributed by atoms with E-state index in [2.05, 4.69) is 4.90 Å². The number of hydrogen-bond acceptors (Lipinski definition) is 3. The molecule has 2 fully saturated rings. The molecule has 2 aliphatic rings. The lowest BCUT2D eigenvalue weighted by Crippen LogP contribution is -2.56. The van der Waals surface area contributed by atoms with Crippen LogP contribution in [0.15, 0.2) is 0 Å². The number of likely N-dealkylation sites (tertiary alicyclic amines) is 1. The Morgan fingerprint density at radius 2 is 2.00 bits per heavy atom. The molecule has 0 amide bonds. The SMILES string of the molecule is O=C(O)C1(N2CCCC2)CCCSC1. The largest absolute Gasteiger partial charge is 0.480 e. The van der Waals surface area contributed by atoms with E-state index in [0.29, 0.717) is 0 Å². The third-order valence-electron chi connectivity index (χ3n) is 3.33. The van der Waals surface area contributed by atoms with Gasteiger partial charge < -0.3 is 5.11 Å². The Balaban J connectivity index is 2.15. The van der Waals surface area contributed by atoms with Gasteiger partial charge in [0.1, 0.15) is 5.54 Å². The third-order valence-corrected chi connectivity index (χ3v) is 4.59. The van der Waals surface area contributed by atoms with Gasteiger partial charge in [-0.3, -0.25) is 9.69 Å². The van der Waals surface area contributed by atoms with Crippen LogP contribution in [0.25, 0.3) is 0 Å². The van der Waals surface area contributed by atoms with Crippen molar-refractivity contribution < 1.29 is 9.90 Å². The van der Waals surface area contributed by atoms with E-state index in [1.807, 2.05) is 0 Å². The van der Waals surface area contributed by atoms with E-state index in [4.69, 9.17) is 0 Å². The van der Waals surface area contributed by atoms with Gasteiger partial charge in [-0.1, -0.05) is 0 Å². The molecule has 0 aromatic rings. The number of thioether (sulfide) groups is 1. The molecule has 4 heteroatoms. The van der Waals surface area contributed by atoms with Gasteiger partial charge in [0.15, 0.2) is 0 Å². The summed E-state index contributed by atoms with van der Waals surface area (Å²) in [6.07, 6.45) is 4.22. The average molecular weight is 215 g/mol. The maximum absolute atomic E-state index is 11.4. The van der Waals surface area contributed by atoms with Gasteiger partial charge in [0.2, 0.25) is 0 Å². The van der Waals surface area contributed by atoms with Crippen molar-refractivity contribution in [3.8, 4) is 0 Å². The van der Waals surface area contributed by atoms with Crippen molar-refractivity contribution in [1.29, 1.82) is 0 Å². The van der Waals surface area contributed by atoms with Crippen LogP contribution in [0.4, 0.5) is 0 Å². The number of carbonyl (C=O) groups is 1. The summed E-state index contributed by atoms with van der Waals surface area (Å²) in [5.41, 5.74) is -0.528. The van der Waals surface area contributed by atoms with Gasteiger partial charge in [0.05, 0.1) is 0 Å². The van der Waals surface area contributed by atoms with Crippen molar-refractivity contribution in [2.75, 3.05) is 24.6 Å². The second-order valence-corrected chi connectivity index (χ2v) is 5.29. The molecule has 1 atom stereocenters. The first kappa shape index (κ1) is 10.3. The van der Waals surface area contributed by atoms with Crippen LogP contribution in [-0.2, 0) is 4.79 Å². The van der Waals surface area contributed by atoms with Crippen LogP contribution < -0.4 is 0 Å². The smallest absolute Gasteiger partial charge is 0.324 e. The summed E-state index contributed by atoms with van der Waals surface area (Å²) in [6.45, 7) is 1.96. The van der Waals surface area contributed by atoms with Gasteiger partial charge in [0.25, 0.3) is 0 Å². The fourth-order valence-corrected chi connectivity index (χ4v) is 3.76. The summed E-state index contributed by atoms with van der Waals surface area (Å²) in [5, 5.41) is 9.39. The first-order valence-corrected chi connectivity index (χ1v) is 6.47. The molecule has 0 aromatic heterocycles. The van der Waals surface area contributed by atoms with E-state index in [-0.39, 0.29) is 0 Å². The molecule has 0 spiro atoms. The van der Waals surface area contributed by atoms with Gasteiger partial charge in [-0.2, -0.15) is 11.8 Å². The zero-order valence-corrected chi connectivity index (χ0v) is 9.18. The monoisotopic (exact) mass is 215 g/mol. The Morgan fingerprint density at radius 1 is 1.29 bits per heavy atom. The number of nitrogens with zero attached hydrogens (tertiary/aromatic N) is 1. The quantitative estimate of drug-likeness (QED) is 0.756. The van der Waals surface area contributed by atoms with Crippen LogP contribution in [-0.4, -0.2) is 46.1 Å². The molecule has 2 saturated heterocycles. The van der Waals surface area contributed by atoms with Crippen LogP contribution in [0.5, 0.6) is 0 Å². The molecule has 1 N–H and O–H groups in total. The first-order valence-electron chi connectivity index (χ1n) is 5.32. The molecule has 14 heavy (non-hydrogen) atoms. The molecule has 0 radical (unpaired) electrons. The number of carboxylic acid groups (broad SMARTS) is 1. The van der Waals surface area contributed by atoms with Crippen LogP contribution in [0.2, 0.25) is 0 Å². The van der Waals surface area contributed by atoms with Crippen molar-refractivity contribution in [3.63, 3.8) is 0 Å². The van der Waals surface area contributed by atoms with Crippen LogP contribution in [0.1, 0.15) is 25.7 Å². The molecule has 2 heterocycles. The molecular weight excluding hydrogens is 198 g/mol. The average Bonchev–Trinajstić information content (AvgIpc) is 2.72. The Hall–Kier alpha value is -0.220. The molecule has 0 saturated carbocycles. The van der Waals surface area contributed by atoms with E-state index in [1.54, 1.807) is 11.8 Å². The van der Waals surface area contributed by atoms with Crippen LogP contribution in [0.3, 0.4) is 0 Å². The minimum absolute atomic E-state index is 0.528. The summed E-state index contributed by atoms with van der Waals surface area (Å²) in [4.78, 5) is 13.6. The van der Waals surface area contributed by atoms with Gasteiger partial charge in [-0.15, -0.1) is 0 Å². The summed E-state index contributed by atoms with van der Waals surface area (Å²) in [6, 6.07) is 0. The minimum Gasteiger partial charge on any atom is -0.480 e. The maximum Gasteiger partial charge on any atom is 0.324 e. The van der Waals surface area contributed by atoms with Gasteiger partial charge >= 0.3 is 5.97 Å². The molecule has 80 valence electrons. The molecule has 2 rings (SSSR count). The molecule has 0 bridgehead atoms. The molecule has 0 aliphatic carbocycles. The number of aliphatic carboxylic acids is 1. The van der Waals surface area contributed by atoms with E-state index in [0.717, 1.165) is 37.4 Å². The van der Waals surface area contributed by atoms with E-state index < -0.39 is 11.5 Å². The Bertz CT molecular complexity index is 220. The fraction of sp³-hybridized carbons (Fsp3) is 0.900. The zero-order chi connectivity index (χ0) is 10.0. The van der Waals surface area contributed by atoms with Gasteiger partial charge in [-0.25, -0.2) is 0 Å². The number of hydrogen-bond donors (Lipinski definition) is 1. The Kier molecular flexibility index (Phi) is 3.02. The second-order valence-electron chi connectivity index (χ2n) is 4.19. The van der Waals surface area contributed by atoms with Crippen molar-refractivity contribution in [2.24, 2.45) is 0 Å². The zero-order valence-electron chi connectivity index (χ0n) is 8.37. The highest BCUT2D eigenvalue weighted by atomic mass is 32.2. The molecular formula is C10H17NO2S. The summed E-state index contributed by atoms with van der Waals surface area (Å²) < 4.78 is 0. The van der Waals surface area contributed by atoms with Crippen molar-refractivity contribution in [1.82, 2.24) is 4.90 Å². The highest BCUT2D eigenvalue weighted by molar-refractivity contribution is 7.99. The van der Waals surface area contributed by atoms with Gasteiger partial charge in [0, 0.05) is 5.75 Å². The standard InChI is InChI=1S/C10H17NO2S/c12-9(13)10(4-3-7-14-8-10)11-5-1-2-6-11/h1-8H2,(H,12,13). The fourth-order valence-electron chi connectivity index (χ4n) is 2.48. The van der Waals surface area contributed by atoms with E-state index >= 15 is 0 Å². The number of carboxylic acids is 1. The maximum atomic E-state index is 11.4. The lowest BCUT2D eigenvalue weighted by Gasteiger charge is -2.40. The van der Waals surface area contributed by atoms with E-state index in [9.17, 15) is 9.90 Å². The van der Waals surface area contributed by atoms with Crippen molar-refractivity contribution in [3.05, 3.63) is 0 Å². The minimum atomic E-state index is -0.605. The van der Waals surface area contributed by atoms with Crippen molar-refractivity contribution in [2.45, 2.75) is 31.2 Å². The highest BCUT2D eigenvalue weighted by Crippen LogP contribution is 2.34. The predicted molar refractivity (Wildman–Crippen MR) is 57.7 cm³/mol. The third kappa shape index (κ3) is 1.65. The molecule has 1 unspecified atom stereocenters. The van der Waals surface area contributed by atoms with Crippen molar-refractivity contribution >= 4 is 17.7 Å². The Morgan fingerprint density at radius 3 is 2.50 bits per heavy atom.